The van der Waals surface area contributed by atoms with Crippen molar-refractivity contribution in [2.75, 3.05) is 51.9 Å². The predicted octanol–water partition coefficient (Wildman–Crippen LogP) is -0.172. The molecule has 0 aromatic heterocycles. The van der Waals surface area contributed by atoms with Gasteiger partial charge in [0.25, 0.3) is 0 Å². The zero-order chi connectivity index (χ0) is 17.3. The molecule has 0 aliphatic carbocycles. The van der Waals surface area contributed by atoms with Gasteiger partial charge in [0.1, 0.15) is 9.84 Å². The summed E-state index contributed by atoms with van der Waals surface area (Å²) in [6.07, 6.45) is 3.60. The molecule has 1 heterocycles. The van der Waals surface area contributed by atoms with E-state index in [1.54, 1.807) is 7.05 Å². The number of hydrogen-bond acceptors (Lipinski definition) is 5. The molecule has 1 aliphatic heterocycles. The number of ether oxygens (including phenoxy) is 1. The Morgan fingerprint density at radius 2 is 2.12 bits per heavy atom. The molecule has 3 N–H and O–H groups in total. The number of nitrogens with zero attached hydrogens (tertiary/aromatic N) is 2. The maximum atomic E-state index is 11.1. The second-order valence-electron chi connectivity index (χ2n) is 5.84. The second-order valence-corrected chi connectivity index (χ2v) is 8.10. The Labute approximate surface area is 161 Å². The van der Waals surface area contributed by atoms with Crippen molar-refractivity contribution < 1.29 is 17.9 Å². The van der Waals surface area contributed by atoms with Crippen LogP contribution in [0.2, 0.25) is 0 Å². The summed E-state index contributed by atoms with van der Waals surface area (Å²) >= 11 is 0. The number of piperidine rings is 1. The van der Waals surface area contributed by atoms with Crippen LogP contribution in [-0.2, 0) is 19.4 Å². The fraction of sp³-hybridized carbons (Fsp3) is 0.857. The third-order valence-electron chi connectivity index (χ3n) is 3.65. The molecule has 0 radical (unpaired) electrons. The summed E-state index contributed by atoms with van der Waals surface area (Å²) in [7, 11) is -1.27. The number of rotatable bonds is 8. The lowest BCUT2D eigenvalue weighted by Gasteiger charge is -2.34. The summed E-state index contributed by atoms with van der Waals surface area (Å²) in [6, 6.07) is 0. The maximum Gasteiger partial charge on any atom is 0.217 e. The highest BCUT2D eigenvalue weighted by Gasteiger charge is 2.23. The Bertz CT molecular complexity index is 513. The van der Waals surface area contributed by atoms with Crippen molar-refractivity contribution in [3.8, 4) is 0 Å². The van der Waals surface area contributed by atoms with E-state index in [-0.39, 0.29) is 48.2 Å². The van der Waals surface area contributed by atoms with E-state index in [1.807, 2.05) is 0 Å². The molecular weight excluding hydrogens is 447 g/mol. The van der Waals surface area contributed by atoms with Crippen LogP contribution in [0.15, 0.2) is 4.99 Å². The fourth-order valence-corrected chi connectivity index (χ4v) is 3.01. The number of nitrogens with two attached hydrogens (primary N) is 1. The van der Waals surface area contributed by atoms with E-state index in [9.17, 15) is 13.2 Å². The van der Waals surface area contributed by atoms with Crippen molar-refractivity contribution in [1.82, 2.24) is 10.2 Å². The van der Waals surface area contributed by atoms with Gasteiger partial charge in [-0.1, -0.05) is 0 Å². The third-order valence-corrected chi connectivity index (χ3v) is 4.56. The molecule has 0 spiro atoms. The SMILES string of the molecule is CN=C(NCCOCCS(C)(=O)=O)N1CCCC(CC(N)=O)C1.I. The van der Waals surface area contributed by atoms with E-state index in [2.05, 4.69) is 15.2 Å². The van der Waals surface area contributed by atoms with E-state index >= 15 is 0 Å². The van der Waals surface area contributed by atoms with Crippen LogP contribution in [0.1, 0.15) is 19.3 Å². The van der Waals surface area contributed by atoms with E-state index in [0.29, 0.717) is 19.6 Å². The molecule has 0 aromatic carbocycles. The number of guanidine groups is 1. The van der Waals surface area contributed by atoms with E-state index in [1.165, 1.54) is 6.26 Å². The Morgan fingerprint density at radius 1 is 1.42 bits per heavy atom. The molecule has 1 aliphatic rings. The molecule has 1 rings (SSSR count). The number of amides is 1. The van der Waals surface area contributed by atoms with Crippen LogP contribution in [0.3, 0.4) is 0 Å². The molecule has 1 amide bonds. The number of sulfone groups is 1. The highest BCUT2D eigenvalue weighted by molar-refractivity contribution is 14.0. The van der Waals surface area contributed by atoms with Gasteiger partial charge in [0.05, 0.1) is 19.0 Å². The minimum absolute atomic E-state index is 0. The Morgan fingerprint density at radius 3 is 2.71 bits per heavy atom. The molecule has 1 atom stereocenters. The highest BCUT2D eigenvalue weighted by Crippen LogP contribution is 2.19. The van der Waals surface area contributed by atoms with Gasteiger partial charge in [0.15, 0.2) is 5.96 Å². The molecule has 0 saturated carbocycles. The van der Waals surface area contributed by atoms with Gasteiger partial charge in [-0.25, -0.2) is 8.42 Å². The summed E-state index contributed by atoms with van der Waals surface area (Å²) in [5.74, 6) is 0.804. The molecule has 0 bridgehead atoms. The minimum atomic E-state index is -2.98. The highest BCUT2D eigenvalue weighted by atomic mass is 127. The smallest absolute Gasteiger partial charge is 0.217 e. The lowest BCUT2D eigenvalue weighted by atomic mass is 9.95. The standard InChI is InChI=1S/C14H28N4O4S.HI/c1-16-14(17-5-7-22-8-9-23(2,20)21)18-6-3-4-12(11-18)10-13(15)19;/h12H,3-11H2,1-2H3,(H2,15,19)(H,16,17);1H. The maximum absolute atomic E-state index is 11.1. The van der Waals surface area contributed by atoms with Gasteiger partial charge in [-0.15, -0.1) is 24.0 Å². The molecule has 8 nitrogen and oxygen atoms in total. The number of nitrogens with one attached hydrogen (secondary N) is 1. The van der Waals surface area contributed by atoms with Crippen molar-refractivity contribution in [1.29, 1.82) is 0 Å². The van der Waals surface area contributed by atoms with Gasteiger partial charge in [-0.05, 0) is 18.8 Å². The van der Waals surface area contributed by atoms with Crippen molar-refractivity contribution in [3.05, 3.63) is 0 Å². The normalized spacial score (nSPS) is 18.8. The van der Waals surface area contributed by atoms with E-state index in [4.69, 9.17) is 10.5 Å². The van der Waals surface area contributed by atoms with E-state index < -0.39 is 9.84 Å². The first-order valence-corrected chi connectivity index (χ1v) is 9.87. The molecule has 0 aromatic rings. The summed E-state index contributed by atoms with van der Waals surface area (Å²) in [4.78, 5) is 17.4. The van der Waals surface area contributed by atoms with Crippen LogP contribution >= 0.6 is 24.0 Å². The lowest BCUT2D eigenvalue weighted by Crippen LogP contribution is -2.47. The van der Waals surface area contributed by atoms with Crippen LogP contribution in [0.5, 0.6) is 0 Å². The first kappa shape index (κ1) is 23.4. The molecular formula is C14H29IN4O4S. The molecule has 10 heteroatoms. The van der Waals surface area contributed by atoms with Gasteiger partial charge in [0.2, 0.25) is 5.91 Å². The topological polar surface area (TPSA) is 114 Å². The molecule has 142 valence electrons. The predicted molar refractivity (Wildman–Crippen MR) is 105 cm³/mol. The fourth-order valence-electron chi connectivity index (χ4n) is 2.59. The largest absolute Gasteiger partial charge is 0.379 e. The molecule has 24 heavy (non-hydrogen) atoms. The van der Waals surface area contributed by atoms with Gasteiger partial charge in [0, 0.05) is 39.4 Å². The van der Waals surface area contributed by atoms with Gasteiger partial charge >= 0.3 is 0 Å². The number of carbonyl (C=O) groups excluding carboxylic acids is 1. The van der Waals surface area contributed by atoms with Crippen LogP contribution in [0, 0.1) is 5.92 Å². The number of primary amides is 1. The zero-order valence-corrected chi connectivity index (χ0v) is 17.5. The van der Waals surface area contributed by atoms with Crippen LogP contribution in [0.25, 0.3) is 0 Å². The average molecular weight is 476 g/mol. The summed E-state index contributed by atoms with van der Waals surface area (Å²) < 4.78 is 27.2. The van der Waals surface area contributed by atoms with Crippen LogP contribution in [0.4, 0.5) is 0 Å². The number of aliphatic imine (C=N–C) groups is 1. The third kappa shape index (κ3) is 10.3. The van der Waals surface area contributed by atoms with Crippen LogP contribution in [-0.4, -0.2) is 77.1 Å². The zero-order valence-electron chi connectivity index (χ0n) is 14.4. The average Bonchev–Trinajstić information content (AvgIpc) is 2.45. The summed E-state index contributed by atoms with van der Waals surface area (Å²) in [5, 5.41) is 3.20. The van der Waals surface area contributed by atoms with Crippen molar-refractivity contribution in [3.63, 3.8) is 0 Å². The minimum Gasteiger partial charge on any atom is -0.379 e. The Hall–Kier alpha value is -0.620. The second kappa shape index (κ2) is 11.9. The number of hydrogen-bond donors (Lipinski definition) is 2. The van der Waals surface area contributed by atoms with Gasteiger partial charge < -0.3 is 20.7 Å². The molecule has 1 fully saturated rings. The quantitative estimate of drug-likeness (QED) is 0.218. The van der Waals surface area contributed by atoms with Crippen molar-refractivity contribution in [2.24, 2.45) is 16.6 Å². The van der Waals surface area contributed by atoms with E-state index in [0.717, 1.165) is 31.9 Å². The summed E-state index contributed by atoms with van der Waals surface area (Å²) in [5.41, 5.74) is 5.27. The first-order chi connectivity index (χ1) is 10.8. The summed E-state index contributed by atoms with van der Waals surface area (Å²) in [6.45, 7) is 2.81. The lowest BCUT2D eigenvalue weighted by molar-refractivity contribution is -0.119. The Balaban J connectivity index is 0.00000529. The van der Waals surface area contributed by atoms with Gasteiger partial charge in [-0.3, -0.25) is 9.79 Å². The van der Waals surface area contributed by atoms with Crippen molar-refractivity contribution >= 4 is 45.7 Å². The monoisotopic (exact) mass is 476 g/mol. The van der Waals surface area contributed by atoms with Crippen molar-refractivity contribution in [2.45, 2.75) is 19.3 Å². The van der Waals surface area contributed by atoms with Gasteiger partial charge in [-0.2, -0.15) is 0 Å². The first-order valence-electron chi connectivity index (χ1n) is 7.81. The Kier molecular flexibility index (Phi) is 11.5. The van der Waals surface area contributed by atoms with Crippen LogP contribution < -0.4 is 11.1 Å². The number of likely N-dealkylation sites (tertiary alicyclic amines) is 1. The number of carbonyl (C=O) groups is 1. The molecule has 1 unspecified atom stereocenters. The molecule has 1 saturated heterocycles. The number of halogens is 1.